The van der Waals surface area contributed by atoms with Crippen LogP contribution in [0.3, 0.4) is 0 Å². The Hall–Kier alpha value is -2.32. The average molecular weight is 724 g/mol. The lowest BCUT2D eigenvalue weighted by atomic mass is 9.88. The molecule has 0 aliphatic carbocycles. The van der Waals surface area contributed by atoms with Gasteiger partial charge in [-0.3, -0.25) is 9.69 Å². The van der Waals surface area contributed by atoms with E-state index < -0.39 is 42.1 Å². The summed E-state index contributed by atoms with van der Waals surface area (Å²) in [4.78, 5) is 30.2. The number of esters is 1. The van der Waals surface area contributed by atoms with Crippen LogP contribution >= 0.6 is 0 Å². The summed E-state index contributed by atoms with van der Waals surface area (Å²) in [5.74, 6) is -0.914. The number of epoxide rings is 1. The minimum absolute atomic E-state index is 0.0478. The Balaban J connectivity index is 0.00000442. The molecule has 1 amide bonds. The Morgan fingerprint density at radius 3 is 2.47 bits per heavy atom. The summed E-state index contributed by atoms with van der Waals surface area (Å²) in [6.07, 6.45) is 5.64. The maximum absolute atomic E-state index is 12.8. The van der Waals surface area contributed by atoms with Gasteiger partial charge in [0, 0.05) is 64.1 Å². The average Bonchev–Trinajstić information content (AvgIpc) is 3.90. The number of likely N-dealkylation sites (N-methyl/N-ethyl adjacent to an activating group) is 1. The van der Waals surface area contributed by atoms with E-state index in [1.165, 1.54) is 0 Å². The number of hydrogen-bond donors (Lipinski definition) is 4. The summed E-state index contributed by atoms with van der Waals surface area (Å²) in [5.41, 5.74) is -0.737. The Kier molecular flexibility index (Phi) is 19.4. The van der Waals surface area contributed by atoms with Gasteiger partial charge in [0.05, 0.1) is 30.8 Å². The lowest BCUT2D eigenvalue weighted by molar-refractivity contribution is -0.151. The number of aliphatic hydroxyl groups is 3. The largest absolute Gasteiger partial charge is 0.457 e. The Morgan fingerprint density at radius 1 is 1.18 bits per heavy atom. The third-order valence-corrected chi connectivity index (χ3v) is 10.3. The topological polar surface area (TPSA) is 154 Å². The number of rotatable bonds is 13. The number of piperazine rings is 1. The highest BCUT2D eigenvalue weighted by Gasteiger charge is 2.50. The van der Waals surface area contributed by atoms with E-state index in [0.29, 0.717) is 13.1 Å². The fourth-order valence-electron chi connectivity index (χ4n) is 6.68. The molecule has 3 heterocycles. The number of alkyl carbamates (subject to hydrolysis) is 1. The molecule has 0 aromatic carbocycles. The van der Waals surface area contributed by atoms with Crippen LogP contribution in [0.2, 0.25) is 0 Å². The van der Waals surface area contributed by atoms with Crippen molar-refractivity contribution in [3.05, 3.63) is 36.0 Å². The molecular formula is C39H69N3O9. The second-order valence-electron chi connectivity index (χ2n) is 14.6. The molecule has 0 spiro atoms. The van der Waals surface area contributed by atoms with Crippen molar-refractivity contribution in [2.75, 3.05) is 53.4 Å². The normalized spacial score (nSPS) is 33.0. The van der Waals surface area contributed by atoms with Crippen LogP contribution < -0.4 is 5.32 Å². The van der Waals surface area contributed by atoms with Crippen molar-refractivity contribution in [1.29, 1.82) is 0 Å². The van der Waals surface area contributed by atoms with Crippen molar-refractivity contribution in [2.45, 2.75) is 129 Å². The van der Waals surface area contributed by atoms with Crippen molar-refractivity contribution < 1.29 is 43.9 Å². The van der Waals surface area contributed by atoms with Crippen molar-refractivity contribution >= 4 is 12.1 Å². The first kappa shape index (κ1) is 44.8. The van der Waals surface area contributed by atoms with E-state index >= 15 is 0 Å². The Bertz CT molecular complexity index is 1130. The second kappa shape index (κ2) is 22.0. The molecule has 51 heavy (non-hydrogen) atoms. The van der Waals surface area contributed by atoms with E-state index in [2.05, 4.69) is 36.0 Å². The van der Waals surface area contributed by atoms with Crippen molar-refractivity contribution in [2.24, 2.45) is 17.8 Å². The van der Waals surface area contributed by atoms with Crippen LogP contribution in [0.25, 0.3) is 0 Å². The minimum Gasteiger partial charge on any atom is -0.457 e. The minimum atomic E-state index is -1.49. The predicted molar refractivity (Wildman–Crippen MR) is 199 cm³/mol. The van der Waals surface area contributed by atoms with Gasteiger partial charge in [-0.2, -0.15) is 0 Å². The maximum Gasteiger partial charge on any atom is 0.407 e. The molecule has 0 aromatic heterocycles. The summed E-state index contributed by atoms with van der Waals surface area (Å²) in [5, 5.41) is 35.7. The zero-order valence-electron chi connectivity index (χ0n) is 32.9. The highest BCUT2D eigenvalue weighted by molar-refractivity contribution is 5.70. The fraction of sp³-hybridized carbons (Fsp3) is 0.795. The van der Waals surface area contributed by atoms with E-state index in [1.54, 1.807) is 26.2 Å². The number of amides is 1. The number of nitrogens with zero attached hydrogens (tertiary/aromatic N) is 2. The van der Waals surface area contributed by atoms with Gasteiger partial charge in [-0.15, -0.1) is 0 Å². The first-order chi connectivity index (χ1) is 24.2. The molecule has 3 rings (SSSR count). The number of aliphatic hydroxyl groups excluding tert-OH is 2. The number of hydrogen-bond acceptors (Lipinski definition) is 11. The molecule has 4 N–H and O–H groups in total. The van der Waals surface area contributed by atoms with Gasteiger partial charge < -0.3 is 44.5 Å². The molecule has 11 unspecified atom stereocenters. The maximum atomic E-state index is 12.8. The van der Waals surface area contributed by atoms with Crippen molar-refractivity contribution in [3.8, 4) is 0 Å². The molecule has 12 nitrogen and oxygen atoms in total. The molecule has 0 bridgehead atoms. The number of methoxy groups -OCH3 is 1. The van der Waals surface area contributed by atoms with Gasteiger partial charge in [-0.1, -0.05) is 65.8 Å². The van der Waals surface area contributed by atoms with Gasteiger partial charge in [-0.25, -0.2) is 4.79 Å². The number of carbonyl (C=O) groups excluding carboxylic acids is 2. The Labute approximate surface area is 307 Å². The molecule has 11 atom stereocenters. The quantitative estimate of drug-likeness (QED) is 0.0941. The van der Waals surface area contributed by atoms with Gasteiger partial charge in [0.15, 0.2) is 6.10 Å². The van der Waals surface area contributed by atoms with Crippen LogP contribution in [-0.4, -0.2) is 139 Å². The zero-order valence-corrected chi connectivity index (χ0v) is 32.9. The molecular weight excluding hydrogens is 654 g/mol. The smallest absolute Gasteiger partial charge is 0.407 e. The van der Waals surface area contributed by atoms with Crippen LogP contribution in [0, 0.1) is 17.8 Å². The SMILES string of the molecule is CC.CCC(OC)C(C)C1OC1C(O)C(C)/C=C/C=C(\C)C1OC(=O)CC(O)CCC(C)(O)C(OC(=O)NCCN2CCN(C)CC2)/C=C/C1C. The molecule has 12 heteroatoms. The van der Waals surface area contributed by atoms with Gasteiger partial charge in [0.2, 0.25) is 0 Å². The molecule has 0 radical (unpaired) electrons. The van der Waals surface area contributed by atoms with Crippen LogP contribution in [0.15, 0.2) is 36.0 Å². The molecule has 3 aliphatic rings. The summed E-state index contributed by atoms with van der Waals surface area (Å²) >= 11 is 0. The number of carbonyl (C=O) groups is 2. The van der Waals surface area contributed by atoms with E-state index in [-0.39, 0.29) is 55.3 Å². The predicted octanol–water partition coefficient (Wildman–Crippen LogP) is 4.08. The molecule has 2 fully saturated rings. The van der Waals surface area contributed by atoms with Crippen LogP contribution in [0.1, 0.15) is 81.1 Å². The second-order valence-corrected chi connectivity index (χ2v) is 14.6. The number of cyclic esters (lactones) is 1. The van der Waals surface area contributed by atoms with E-state index in [9.17, 15) is 24.9 Å². The summed E-state index contributed by atoms with van der Waals surface area (Å²) in [6.45, 7) is 20.4. The van der Waals surface area contributed by atoms with Crippen LogP contribution in [0.4, 0.5) is 4.79 Å². The number of nitrogens with one attached hydrogen (secondary N) is 1. The lowest BCUT2D eigenvalue weighted by Crippen LogP contribution is -2.48. The molecule has 0 saturated carbocycles. The monoisotopic (exact) mass is 724 g/mol. The summed E-state index contributed by atoms with van der Waals surface area (Å²) in [6, 6.07) is 0. The van der Waals surface area contributed by atoms with Gasteiger partial charge in [0.1, 0.15) is 17.8 Å². The standard InChI is InChI=1S/C37H63N3O9.C2H6/c1-9-29(46-8)27(5)34-35(49-34)32(43)24(2)11-10-12-25(3)33-26(4)13-14-30(37(6,45)16-15-28(41)23-31(42)48-33)47-36(44)38-17-18-40-21-19-39(7)20-22-40;1-2/h10-14,24,26-30,32-35,41,43,45H,9,15-23H2,1-8H3,(H,38,44);1-2H3/b11-10+,14-13+,25-12+;. The van der Waals surface area contributed by atoms with E-state index in [1.807, 2.05) is 52.8 Å². The zero-order chi connectivity index (χ0) is 38.3. The first-order valence-electron chi connectivity index (χ1n) is 19.0. The van der Waals surface area contributed by atoms with E-state index in [0.717, 1.165) is 38.2 Å². The highest BCUT2D eigenvalue weighted by Crippen LogP contribution is 2.37. The van der Waals surface area contributed by atoms with Gasteiger partial charge in [0.25, 0.3) is 0 Å². The third kappa shape index (κ3) is 14.6. The van der Waals surface area contributed by atoms with Crippen LogP contribution in [-0.2, 0) is 23.7 Å². The lowest BCUT2D eigenvalue weighted by Gasteiger charge is -2.33. The first-order valence-corrected chi connectivity index (χ1v) is 19.0. The van der Waals surface area contributed by atoms with Crippen molar-refractivity contribution in [1.82, 2.24) is 15.1 Å². The summed E-state index contributed by atoms with van der Waals surface area (Å²) in [7, 11) is 3.79. The molecule has 2 saturated heterocycles. The molecule has 294 valence electrons. The van der Waals surface area contributed by atoms with Gasteiger partial charge >= 0.3 is 12.1 Å². The fourth-order valence-corrected chi connectivity index (χ4v) is 6.68. The highest BCUT2D eigenvalue weighted by atomic mass is 16.6. The number of allylic oxidation sites excluding steroid dienone is 2. The van der Waals surface area contributed by atoms with E-state index in [4.69, 9.17) is 18.9 Å². The third-order valence-electron chi connectivity index (χ3n) is 10.3. The summed E-state index contributed by atoms with van der Waals surface area (Å²) < 4.78 is 23.0. The molecule has 3 aliphatic heterocycles. The molecule has 0 aromatic rings. The van der Waals surface area contributed by atoms with Crippen LogP contribution in [0.5, 0.6) is 0 Å². The van der Waals surface area contributed by atoms with Gasteiger partial charge in [-0.05, 0) is 51.8 Å². The Morgan fingerprint density at radius 2 is 1.84 bits per heavy atom. The van der Waals surface area contributed by atoms with Crippen molar-refractivity contribution in [3.63, 3.8) is 0 Å². The number of ether oxygens (including phenoxy) is 4.